The first kappa shape index (κ1) is 15.6. The molecule has 2 rings (SSSR count). The normalized spacial score (nSPS) is 19.6. The van der Waals surface area contributed by atoms with Gasteiger partial charge in [0.15, 0.2) is 0 Å². The second-order valence-electron chi connectivity index (χ2n) is 5.34. The molecule has 1 atom stereocenters. The summed E-state index contributed by atoms with van der Waals surface area (Å²) >= 11 is 6.23. The van der Waals surface area contributed by atoms with Crippen LogP contribution in [0.15, 0.2) is 18.2 Å². The van der Waals surface area contributed by atoms with Gasteiger partial charge in [-0.05, 0) is 37.7 Å². The summed E-state index contributed by atoms with van der Waals surface area (Å²) in [5.41, 5.74) is 7.18. The lowest BCUT2D eigenvalue weighted by Crippen LogP contribution is -2.36. The van der Waals surface area contributed by atoms with Crippen molar-refractivity contribution in [1.29, 1.82) is 0 Å². The highest BCUT2D eigenvalue weighted by Crippen LogP contribution is 2.29. The molecule has 1 saturated heterocycles. The first-order chi connectivity index (χ1) is 9.65. The fraction of sp³-hybridized carbons (Fsp3) is 0.600. The molecule has 1 heterocycles. The van der Waals surface area contributed by atoms with Gasteiger partial charge in [0.2, 0.25) is 0 Å². The van der Waals surface area contributed by atoms with E-state index in [0.717, 1.165) is 26.2 Å². The van der Waals surface area contributed by atoms with E-state index in [0.29, 0.717) is 17.3 Å². The predicted octanol–water partition coefficient (Wildman–Crippen LogP) is 1.99. The molecule has 1 fully saturated rings. The summed E-state index contributed by atoms with van der Waals surface area (Å²) in [5, 5.41) is 0.649. The molecule has 1 aromatic rings. The maximum absolute atomic E-state index is 6.23. The number of methoxy groups -OCH3 is 1. The number of ether oxygens (including phenoxy) is 1. The van der Waals surface area contributed by atoms with Gasteiger partial charge in [0.1, 0.15) is 5.75 Å². The van der Waals surface area contributed by atoms with Gasteiger partial charge in [0, 0.05) is 32.2 Å². The number of hydrogen-bond acceptors (Lipinski definition) is 4. The van der Waals surface area contributed by atoms with Crippen LogP contribution in [-0.2, 0) is 0 Å². The van der Waals surface area contributed by atoms with Crippen LogP contribution in [0.3, 0.4) is 0 Å². The summed E-state index contributed by atoms with van der Waals surface area (Å²) in [7, 11) is 3.80. The number of likely N-dealkylation sites (N-methyl/N-ethyl adjacent to an activating group) is 1. The van der Waals surface area contributed by atoms with Crippen LogP contribution < -0.4 is 10.5 Å². The Morgan fingerprint density at radius 2 is 2.10 bits per heavy atom. The van der Waals surface area contributed by atoms with E-state index in [-0.39, 0.29) is 6.04 Å². The van der Waals surface area contributed by atoms with Crippen molar-refractivity contribution in [2.24, 2.45) is 5.73 Å². The highest BCUT2D eigenvalue weighted by Gasteiger charge is 2.22. The molecule has 0 spiro atoms. The summed E-state index contributed by atoms with van der Waals surface area (Å²) in [6, 6.07) is 6.19. The van der Waals surface area contributed by atoms with Crippen LogP contribution in [0.1, 0.15) is 18.0 Å². The summed E-state index contributed by atoms with van der Waals surface area (Å²) in [6.45, 7) is 4.96. The third-order valence-corrected chi connectivity index (χ3v) is 4.27. The first-order valence-electron chi connectivity index (χ1n) is 7.11. The lowest BCUT2D eigenvalue weighted by atomic mass is 10.0. The Morgan fingerprint density at radius 3 is 2.75 bits per heavy atom. The Hall–Kier alpha value is -0.810. The number of halogens is 1. The molecular formula is C15H24ClN3O. The molecule has 0 radical (unpaired) electrons. The predicted molar refractivity (Wildman–Crippen MR) is 83.5 cm³/mol. The van der Waals surface area contributed by atoms with Crippen LogP contribution >= 0.6 is 11.6 Å². The molecule has 4 nitrogen and oxygen atoms in total. The quantitative estimate of drug-likeness (QED) is 0.923. The lowest BCUT2D eigenvalue weighted by Gasteiger charge is -2.30. The van der Waals surface area contributed by atoms with Crippen LogP contribution in [0.2, 0.25) is 5.02 Å². The number of nitrogens with zero attached hydrogens (tertiary/aromatic N) is 2. The Labute approximate surface area is 126 Å². The van der Waals surface area contributed by atoms with Crippen LogP contribution in [0.5, 0.6) is 5.75 Å². The van der Waals surface area contributed by atoms with Gasteiger partial charge in [-0.25, -0.2) is 0 Å². The van der Waals surface area contributed by atoms with Crippen molar-refractivity contribution in [3.05, 3.63) is 28.8 Å². The van der Waals surface area contributed by atoms with E-state index in [1.54, 1.807) is 7.11 Å². The average Bonchev–Trinajstić information content (AvgIpc) is 2.65. The zero-order valence-electron chi connectivity index (χ0n) is 12.3. The zero-order valence-corrected chi connectivity index (χ0v) is 13.1. The smallest absolute Gasteiger partial charge is 0.137 e. The van der Waals surface area contributed by atoms with Crippen LogP contribution in [0.4, 0.5) is 0 Å². The van der Waals surface area contributed by atoms with Gasteiger partial charge in [0.25, 0.3) is 0 Å². The van der Waals surface area contributed by atoms with Crippen molar-refractivity contribution < 1.29 is 4.74 Å². The van der Waals surface area contributed by atoms with Crippen LogP contribution in [-0.4, -0.2) is 56.7 Å². The van der Waals surface area contributed by atoms with E-state index in [1.807, 2.05) is 12.1 Å². The van der Waals surface area contributed by atoms with Crippen molar-refractivity contribution in [3.8, 4) is 5.75 Å². The monoisotopic (exact) mass is 297 g/mol. The molecular weight excluding hydrogens is 274 g/mol. The van der Waals surface area contributed by atoms with Crippen molar-refractivity contribution in [1.82, 2.24) is 9.80 Å². The van der Waals surface area contributed by atoms with Gasteiger partial charge in [-0.3, -0.25) is 4.90 Å². The topological polar surface area (TPSA) is 41.7 Å². The minimum atomic E-state index is 0.227. The molecule has 20 heavy (non-hydrogen) atoms. The highest BCUT2D eigenvalue weighted by atomic mass is 35.5. The molecule has 0 amide bonds. The minimum Gasteiger partial charge on any atom is -0.495 e. The van der Waals surface area contributed by atoms with Crippen LogP contribution in [0, 0.1) is 0 Å². The standard InChI is InChI=1S/C15H24ClN3O/c1-18-6-3-7-19(9-8-18)14(11-17)12-4-5-15(20-2)13(16)10-12/h4-5,10,14H,3,6-9,11,17H2,1-2H3. The molecule has 5 heteroatoms. The molecule has 0 saturated carbocycles. The summed E-state index contributed by atoms with van der Waals surface area (Å²) < 4.78 is 5.21. The van der Waals surface area contributed by atoms with Crippen LogP contribution in [0.25, 0.3) is 0 Å². The Bertz CT molecular complexity index is 441. The Kier molecular flexibility index (Phi) is 5.66. The molecule has 2 N–H and O–H groups in total. The third-order valence-electron chi connectivity index (χ3n) is 3.98. The number of rotatable bonds is 4. The van der Waals surface area contributed by atoms with E-state index < -0.39 is 0 Å². The molecule has 1 aliphatic heterocycles. The maximum atomic E-state index is 6.23. The second kappa shape index (κ2) is 7.27. The van der Waals surface area contributed by atoms with E-state index in [1.165, 1.54) is 12.0 Å². The largest absolute Gasteiger partial charge is 0.495 e. The van der Waals surface area contributed by atoms with Gasteiger partial charge >= 0.3 is 0 Å². The highest BCUT2D eigenvalue weighted by molar-refractivity contribution is 6.32. The molecule has 0 aromatic heterocycles. The average molecular weight is 298 g/mol. The molecule has 0 aliphatic carbocycles. The maximum Gasteiger partial charge on any atom is 0.137 e. The Balaban J connectivity index is 2.16. The van der Waals surface area contributed by atoms with E-state index in [2.05, 4.69) is 22.9 Å². The fourth-order valence-electron chi connectivity index (χ4n) is 2.76. The summed E-state index contributed by atoms with van der Waals surface area (Å²) in [5.74, 6) is 0.710. The molecule has 1 aromatic carbocycles. The lowest BCUT2D eigenvalue weighted by molar-refractivity contribution is 0.208. The van der Waals surface area contributed by atoms with Gasteiger partial charge in [0.05, 0.1) is 12.1 Å². The molecule has 112 valence electrons. The van der Waals surface area contributed by atoms with E-state index in [4.69, 9.17) is 22.1 Å². The summed E-state index contributed by atoms with van der Waals surface area (Å²) in [4.78, 5) is 4.83. The summed E-state index contributed by atoms with van der Waals surface area (Å²) in [6.07, 6.45) is 1.18. The first-order valence-corrected chi connectivity index (χ1v) is 7.49. The zero-order chi connectivity index (χ0) is 14.5. The van der Waals surface area contributed by atoms with Gasteiger partial charge in [-0.1, -0.05) is 17.7 Å². The number of nitrogens with two attached hydrogens (primary N) is 1. The second-order valence-corrected chi connectivity index (χ2v) is 5.75. The van der Waals surface area contributed by atoms with Crippen molar-refractivity contribution in [3.63, 3.8) is 0 Å². The fourth-order valence-corrected chi connectivity index (χ4v) is 3.03. The number of hydrogen-bond donors (Lipinski definition) is 1. The number of benzene rings is 1. The van der Waals surface area contributed by atoms with Gasteiger partial charge < -0.3 is 15.4 Å². The van der Waals surface area contributed by atoms with Crippen molar-refractivity contribution in [2.75, 3.05) is 46.9 Å². The molecule has 1 aliphatic rings. The minimum absolute atomic E-state index is 0.227. The molecule has 1 unspecified atom stereocenters. The third kappa shape index (κ3) is 3.64. The van der Waals surface area contributed by atoms with E-state index in [9.17, 15) is 0 Å². The SMILES string of the molecule is COc1ccc(C(CN)N2CCCN(C)CC2)cc1Cl. The molecule has 0 bridgehead atoms. The van der Waals surface area contributed by atoms with Crippen molar-refractivity contribution >= 4 is 11.6 Å². The van der Waals surface area contributed by atoms with E-state index >= 15 is 0 Å². The van der Waals surface area contributed by atoms with Gasteiger partial charge in [-0.2, -0.15) is 0 Å². The Morgan fingerprint density at radius 1 is 1.30 bits per heavy atom. The van der Waals surface area contributed by atoms with Gasteiger partial charge in [-0.15, -0.1) is 0 Å². The van der Waals surface area contributed by atoms with Crippen molar-refractivity contribution in [2.45, 2.75) is 12.5 Å².